The summed E-state index contributed by atoms with van der Waals surface area (Å²) in [5.41, 5.74) is 0.521. The van der Waals surface area contributed by atoms with Gasteiger partial charge in [0.1, 0.15) is 0 Å². The molecule has 1 atom stereocenters. The van der Waals surface area contributed by atoms with Crippen molar-refractivity contribution in [3.63, 3.8) is 0 Å². The van der Waals surface area contributed by atoms with E-state index < -0.39 is 16.1 Å². The molecule has 0 heterocycles. The van der Waals surface area contributed by atoms with Crippen molar-refractivity contribution < 1.29 is 13.5 Å². The molecule has 2 rings (SSSR count). The first kappa shape index (κ1) is 13.8. The Bertz CT molecular complexity index is 540. The number of hydrogen-bond acceptors (Lipinski definition) is 3. The molecule has 0 spiro atoms. The van der Waals surface area contributed by atoms with Gasteiger partial charge in [-0.2, -0.15) is 0 Å². The summed E-state index contributed by atoms with van der Waals surface area (Å²) >= 11 is 5.90. The molecule has 1 fully saturated rings. The minimum Gasteiger partial charge on any atom is -0.391 e. The first-order chi connectivity index (χ1) is 8.42. The molecular weight excluding hydrogens is 274 g/mol. The van der Waals surface area contributed by atoms with E-state index in [2.05, 4.69) is 4.72 Å². The fourth-order valence-electron chi connectivity index (χ4n) is 1.80. The van der Waals surface area contributed by atoms with Crippen molar-refractivity contribution in [3.05, 3.63) is 28.8 Å². The van der Waals surface area contributed by atoms with Gasteiger partial charge in [0.25, 0.3) is 0 Å². The van der Waals surface area contributed by atoms with E-state index in [0.717, 1.165) is 12.8 Å². The van der Waals surface area contributed by atoms with Crippen LogP contribution in [0.15, 0.2) is 23.1 Å². The van der Waals surface area contributed by atoms with E-state index in [1.54, 1.807) is 19.1 Å². The molecule has 4 nitrogen and oxygen atoms in total. The van der Waals surface area contributed by atoms with E-state index in [9.17, 15) is 13.5 Å². The average molecular weight is 290 g/mol. The van der Waals surface area contributed by atoms with Crippen molar-refractivity contribution in [2.24, 2.45) is 5.92 Å². The Morgan fingerprint density at radius 1 is 1.50 bits per heavy atom. The van der Waals surface area contributed by atoms with Gasteiger partial charge in [-0.3, -0.25) is 0 Å². The third-order valence-electron chi connectivity index (χ3n) is 3.16. The van der Waals surface area contributed by atoms with Gasteiger partial charge in [-0.15, -0.1) is 0 Å². The van der Waals surface area contributed by atoms with Crippen molar-refractivity contribution in [2.75, 3.05) is 6.54 Å². The molecule has 0 bridgehead atoms. The molecule has 0 aliphatic heterocycles. The number of rotatable bonds is 5. The number of aliphatic hydroxyl groups is 1. The average Bonchev–Trinajstić information content (AvgIpc) is 3.13. The van der Waals surface area contributed by atoms with Gasteiger partial charge >= 0.3 is 0 Å². The predicted molar refractivity (Wildman–Crippen MR) is 70.1 cm³/mol. The zero-order valence-corrected chi connectivity index (χ0v) is 11.6. The highest BCUT2D eigenvalue weighted by Crippen LogP contribution is 2.32. The summed E-state index contributed by atoms with van der Waals surface area (Å²) < 4.78 is 26.6. The molecule has 18 heavy (non-hydrogen) atoms. The molecule has 1 aromatic rings. The second-order valence-electron chi connectivity index (χ2n) is 4.62. The lowest BCUT2D eigenvalue weighted by molar-refractivity contribution is 0.155. The van der Waals surface area contributed by atoms with Gasteiger partial charge in [-0.25, -0.2) is 13.1 Å². The van der Waals surface area contributed by atoms with Crippen LogP contribution >= 0.6 is 11.6 Å². The smallest absolute Gasteiger partial charge is 0.240 e. The molecule has 2 N–H and O–H groups in total. The van der Waals surface area contributed by atoms with E-state index >= 15 is 0 Å². The maximum Gasteiger partial charge on any atom is 0.240 e. The predicted octanol–water partition coefficient (Wildman–Crippen LogP) is 1.70. The molecule has 1 saturated carbocycles. The fraction of sp³-hybridized carbons (Fsp3) is 0.500. The summed E-state index contributed by atoms with van der Waals surface area (Å²) in [5, 5.41) is 10.1. The number of hydrogen-bond donors (Lipinski definition) is 2. The van der Waals surface area contributed by atoms with Crippen molar-refractivity contribution in [2.45, 2.75) is 30.8 Å². The summed E-state index contributed by atoms with van der Waals surface area (Å²) in [6.07, 6.45) is 1.34. The summed E-state index contributed by atoms with van der Waals surface area (Å²) in [7, 11) is -3.61. The minimum atomic E-state index is -3.61. The normalized spacial score (nSPS) is 17.7. The number of aliphatic hydroxyl groups excluding tert-OH is 1. The van der Waals surface area contributed by atoms with Crippen LogP contribution < -0.4 is 4.72 Å². The fourth-order valence-corrected chi connectivity index (χ4v) is 3.35. The number of benzene rings is 1. The van der Waals surface area contributed by atoms with Gasteiger partial charge in [0.15, 0.2) is 0 Å². The number of sulfonamides is 1. The molecule has 1 aromatic carbocycles. The molecule has 0 saturated heterocycles. The number of halogens is 1. The topological polar surface area (TPSA) is 66.4 Å². The first-order valence-electron chi connectivity index (χ1n) is 5.84. The monoisotopic (exact) mass is 289 g/mol. The third kappa shape index (κ3) is 3.03. The molecule has 1 unspecified atom stereocenters. The van der Waals surface area contributed by atoms with Crippen molar-refractivity contribution in [1.29, 1.82) is 0 Å². The second kappa shape index (κ2) is 5.17. The Morgan fingerprint density at radius 2 is 2.17 bits per heavy atom. The summed E-state index contributed by atoms with van der Waals surface area (Å²) in [6.45, 7) is 1.72. The Hall–Kier alpha value is -0.620. The van der Waals surface area contributed by atoms with Crippen LogP contribution in [0, 0.1) is 12.8 Å². The van der Waals surface area contributed by atoms with Crippen molar-refractivity contribution >= 4 is 21.6 Å². The van der Waals surface area contributed by atoms with Crippen LogP contribution in [-0.4, -0.2) is 26.2 Å². The largest absolute Gasteiger partial charge is 0.391 e. The lowest BCUT2D eigenvalue weighted by atomic mass is 10.2. The Morgan fingerprint density at radius 3 is 2.78 bits per heavy atom. The summed E-state index contributed by atoms with van der Waals surface area (Å²) in [4.78, 5) is 0.165. The van der Waals surface area contributed by atoms with Gasteiger partial charge in [0.05, 0.1) is 11.0 Å². The van der Waals surface area contributed by atoms with Gasteiger partial charge < -0.3 is 5.11 Å². The Labute approximate surface area is 112 Å². The first-order valence-corrected chi connectivity index (χ1v) is 7.71. The third-order valence-corrected chi connectivity index (χ3v) is 5.13. The maximum atomic E-state index is 12.1. The lowest BCUT2D eigenvalue weighted by Crippen LogP contribution is -2.33. The van der Waals surface area contributed by atoms with E-state index in [0.29, 0.717) is 10.6 Å². The SMILES string of the molecule is Cc1c(Cl)cccc1S(=O)(=O)NCC(O)C1CC1. The zero-order valence-electron chi connectivity index (χ0n) is 10.1. The van der Waals surface area contributed by atoms with Crippen LogP contribution in [0.4, 0.5) is 0 Å². The molecule has 0 radical (unpaired) electrons. The van der Waals surface area contributed by atoms with Crippen LogP contribution in [0.5, 0.6) is 0 Å². The molecule has 1 aliphatic carbocycles. The second-order valence-corrected chi connectivity index (χ2v) is 6.76. The molecule has 100 valence electrons. The van der Waals surface area contributed by atoms with E-state index in [4.69, 9.17) is 11.6 Å². The Kier molecular flexibility index (Phi) is 3.96. The van der Waals surface area contributed by atoms with Crippen LogP contribution in [0.1, 0.15) is 18.4 Å². The summed E-state index contributed by atoms with van der Waals surface area (Å²) in [6, 6.07) is 4.75. The minimum absolute atomic E-state index is 0.0545. The highest BCUT2D eigenvalue weighted by molar-refractivity contribution is 7.89. The molecule has 6 heteroatoms. The van der Waals surface area contributed by atoms with Crippen molar-refractivity contribution in [1.82, 2.24) is 4.72 Å². The maximum absolute atomic E-state index is 12.1. The van der Waals surface area contributed by atoms with Gasteiger partial charge in [0, 0.05) is 11.6 Å². The standard InChI is InChI=1S/C12H16ClNO3S/c1-8-10(13)3-2-4-12(8)18(16,17)14-7-11(15)9-5-6-9/h2-4,9,11,14-15H,5-7H2,1H3. The number of nitrogens with one attached hydrogen (secondary N) is 1. The van der Waals surface area contributed by atoms with E-state index in [1.807, 2.05) is 0 Å². The van der Waals surface area contributed by atoms with E-state index in [1.165, 1.54) is 6.07 Å². The van der Waals surface area contributed by atoms with Crippen molar-refractivity contribution in [3.8, 4) is 0 Å². The van der Waals surface area contributed by atoms with Crippen LogP contribution in [-0.2, 0) is 10.0 Å². The van der Waals surface area contributed by atoms with Gasteiger partial charge in [0.2, 0.25) is 10.0 Å². The zero-order chi connectivity index (χ0) is 13.3. The van der Waals surface area contributed by atoms with E-state index in [-0.39, 0.29) is 17.4 Å². The highest BCUT2D eigenvalue weighted by atomic mass is 35.5. The summed E-state index contributed by atoms with van der Waals surface area (Å²) in [5.74, 6) is 0.244. The molecule has 1 aliphatic rings. The van der Waals surface area contributed by atoms with Gasteiger partial charge in [-0.1, -0.05) is 17.7 Å². The quantitative estimate of drug-likeness (QED) is 0.867. The molecular formula is C12H16ClNO3S. The van der Waals surface area contributed by atoms with Crippen LogP contribution in [0.3, 0.4) is 0 Å². The Balaban J connectivity index is 2.12. The highest BCUT2D eigenvalue weighted by Gasteiger charge is 2.30. The van der Waals surface area contributed by atoms with Crippen LogP contribution in [0.2, 0.25) is 5.02 Å². The lowest BCUT2D eigenvalue weighted by Gasteiger charge is -2.13. The van der Waals surface area contributed by atoms with Gasteiger partial charge in [-0.05, 0) is 43.4 Å². The van der Waals surface area contributed by atoms with Crippen LogP contribution in [0.25, 0.3) is 0 Å². The molecule has 0 aromatic heterocycles. The molecule has 0 amide bonds.